The number of para-hydroxylation sites is 2. The van der Waals surface area contributed by atoms with Crippen LogP contribution < -0.4 is 9.47 Å². The number of nitrogens with zero attached hydrogens (tertiary/aromatic N) is 2. The summed E-state index contributed by atoms with van der Waals surface area (Å²) >= 11 is 0. The van der Waals surface area contributed by atoms with Gasteiger partial charge in [0.05, 0.1) is 52.9 Å². The molecule has 0 N–H and O–H groups in total. The maximum Gasteiger partial charge on any atom is 0.145 e. The summed E-state index contributed by atoms with van der Waals surface area (Å²) in [6.07, 6.45) is 3.53. The van der Waals surface area contributed by atoms with Crippen molar-refractivity contribution in [1.82, 2.24) is 9.97 Å². The van der Waals surface area contributed by atoms with Gasteiger partial charge in [0.25, 0.3) is 0 Å². The number of ether oxygens (including phenoxy) is 7. The highest BCUT2D eigenvalue weighted by Gasteiger charge is 2.32. The van der Waals surface area contributed by atoms with E-state index in [-0.39, 0.29) is 26.4 Å². The van der Waals surface area contributed by atoms with E-state index in [0.717, 1.165) is 21.8 Å². The first kappa shape index (κ1) is 29.2. The van der Waals surface area contributed by atoms with Crippen molar-refractivity contribution in [2.45, 2.75) is 25.0 Å². The summed E-state index contributed by atoms with van der Waals surface area (Å²) in [5, 5.41) is 2.03. The molecule has 2 aromatic carbocycles. The predicted octanol–water partition coefficient (Wildman–Crippen LogP) is 4.85. The lowest BCUT2D eigenvalue weighted by Crippen LogP contribution is -2.46. The van der Waals surface area contributed by atoms with E-state index >= 15 is 0 Å². The van der Waals surface area contributed by atoms with Crippen LogP contribution in [0.2, 0.25) is 0 Å². The number of fused-ring (bicyclic) bond motifs is 2. The minimum absolute atomic E-state index is 0.265. The van der Waals surface area contributed by atoms with Gasteiger partial charge in [-0.05, 0) is 38.1 Å². The summed E-state index contributed by atoms with van der Waals surface area (Å²) in [4.78, 5) is 9.00. The van der Waals surface area contributed by atoms with E-state index in [1.54, 1.807) is 12.4 Å². The maximum atomic E-state index is 6.27. The molecule has 1 saturated heterocycles. The number of rotatable bonds is 6. The van der Waals surface area contributed by atoms with Gasteiger partial charge in [-0.1, -0.05) is 36.4 Å². The standard InChI is InChI=1S/C32H38N2O7/c1-31(23-38-27-11-3-7-25-9-5-13-33-29(25)27)21-37-22-32(2,41-20-18-36-16-15-35-17-19-40-31)24-39-28-12-4-8-26-10-6-14-34-30(26)28/h3-14H,15-24H2,1-2H3/t31-,32-/m0/s1. The number of pyridine rings is 2. The lowest BCUT2D eigenvalue weighted by Gasteiger charge is -2.33. The first-order chi connectivity index (χ1) is 20.0. The second kappa shape index (κ2) is 14.0. The highest BCUT2D eigenvalue weighted by Crippen LogP contribution is 2.27. The summed E-state index contributed by atoms with van der Waals surface area (Å²) in [6.45, 7) is 7.64. The van der Waals surface area contributed by atoms with Gasteiger partial charge >= 0.3 is 0 Å². The second-order valence-electron chi connectivity index (χ2n) is 10.6. The van der Waals surface area contributed by atoms with Crippen LogP contribution in [-0.4, -0.2) is 87.2 Å². The molecule has 3 heterocycles. The van der Waals surface area contributed by atoms with E-state index in [2.05, 4.69) is 9.97 Å². The molecule has 0 unspecified atom stereocenters. The Bertz CT molecular complexity index is 1290. The molecule has 0 saturated carbocycles. The molecule has 1 aliphatic heterocycles. The van der Waals surface area contributed by atoms with Crippen LogP contribution in [0.5, 0.6) is 11.5 Å². The van der Waals surface area contributed by atoms with Crippen LogP contribution >= 0.6 is 0 Å². The average molecular weight is 563 g/mol. The highest BCUT2D eigenvalue weighted by molar-refractivity contribution is 5.84. The van der Waals surface area contributed by atoms with Crippen LogP contribution in [0.15, 0.2) is 73.1 Å². The summed E-state index contributed by atoms with van der Waals surface area (Å²) in [5.41, 5.74) is 0.110. The van der Waals surface area contributed by atoms with Crippen molar-refractivity contribution in [3.63, 3.8) is 0 Å². The van der Waals surface area contributed by atoms with E-state index in [1.165, 1.54) is 0 Å². The van der Waals surface area contributed by atoms with Crippen molar-refractivity contribution in [2.75, 3.05) is 66.1 Å². The summed E-state index contributed by atoms with van der Waals surface area (Å²) in [6, 6.07) is 19.6. The van der Waals surface area contributed by atoms with Gasteiger partial charge in [0.15, 0.2) is 0 Å². The SMILES string of the molecule is C[C@@]1(COc2cccc3cccnc23)COC[C@@](C)(COc2cccc3cccnc23)OCCOCCOCCO1. The predicted molar refractivity (Wildman–Crippen MR) is 156 cm³/mol. The van der Waals surface area contributed by atoms with Gasteiger partial charge in [-0.15, -0.1) is 0 Å². The normalized spacial score (nSPS) is 23.5. The molecule has 1 fully saturated rings. The van der Waals surface area contributed by atoms with Gasteiger partial charge in [0, 0.05) is 23.2 Å². The van der Waals surface area contributed by atoms with Crippen LogP contribution in [0.1, 0.15) is 13.8 Å². The summed E-state index contributed by atoms with van der Waals surface area (Å²) < 4.78 is 42.7. The Morgan fingerprint density at radius 3 is 1.51 bits per heavy atom. The van der Waals surface area contributed by atoms with E-state index in [9.17, 15) is 0 Å². The molecule has 4 aromatic rings. The molecule has 0 amide bonds. The molecule has 5 rings (SSSR count). The minimum Gasteiger partial charge on any atom is -0.488 e. The van der Waals surface area contributed by atoms with Crippen molar-refractivity contribution in [2.24, 2.45) is 0 Å². The molecule has 0 bridgehead atoms. The van der Waals surface area contributed by atoms with Gasteiger partial charge < -0.3 is 33.2 Å². The van der Waals surface area contributed by atoms with Crippen LogP contribution in [0.3, 0.4) is 0 Å². The number of benzene rings is 2. The zero-order valence-corrected chi connectivity index (χ0v) is 23.8. The largest absolute Gasteiger partial charge is 0.488 e. The molecule has 2 atom stereocenters. The van der Waals surface area contributed by atoms with E-state index < -0.39 is 11.2 Å². The maximum absolute atomic E-state index is 6.27. The molecule has 9 heteroatoms. The fourth-order valence-electron chi connectivity index (χ4n) is 4.59. The molecular formula is C32H38N2O7. The molecule has 41 heavy (non-hydrogen) atoms. The van der Waals surface area contributed by atoms with Crippen LogP contribution in [0.4, 0.5) is 0 Å². The molecule has 0 radical (unpaired) electrons. The molecular weight excluding hydrogens is 524 g/mol. The zero-order valence-electron chi connectivity index (χ0n) is 23.8. The van der Waals surface area contributed by atoms with Gasteiger partial charge in [-0.2, -0.15) is 0 Å². The monoisotopic (exact) mass is 562 g/mol. The first-order valence-corrected chi connectivity index (χ1v) is 14.0. The Balaban J connectivity index is 1.27. The van der Waals surface area contributed by atoms with Gasteiger partial charge in [0.1, 0.15) is 46.9 Å². The van der Waals surface area contributed by atoms with E-state index in [1.807, 2.05) is 74.5 Å². The van der Waals surface area contributed by atoms with Crippen LogP contribution in [0, 0.1) is 0 Å². The fraction of sp³-hybridized carbons (Fsp3) is 0.438. The van der Waals surface area contributed by atoms with E-state index in [4.69, 9.17) is 33.2 Å². The summed E-state index contributed by atoms with van der Waals surface area (Å²) in [5.74, 6) is 1.39. The van der Waals surface area contributed by atoms with Gasteiger partial charge in [-0.3, -0.25) is 9.97 Å². The Morgan fingerprint density at radius 1 is 0.585 bits per heavy atom. The third-order valence-electron chi connectivity index (χ3n) is 6.80. The lowest BCUT2D eigenvalue weighted by atomic mass is 10.1. The van der Waals surface area contributed by atoms with E-state index in [0.29, 0.717) is 51.1 Å². The first-order valence-electron chi connectivity index (χ1n) is 14.0. The lowest BCUT2D eigenvalue weighted by molar-refractivity contribution is -0.152. The molecule has 0 aliphatic carbocycles. The Morgan fingerprint density at radius 2 is 1.02 bits per heavy atom. The molecule has 0 spiro atoms. The van der Waals surface area contributed by atoms with Gasteiger partial charge in [0.2, 0.25) is 0 Å². The third-order valence-corrected chi connectivity index (χ3v) is 6.80. The Kier molecular flexibility index (Phi) is 9.97. The Labute approximate surface area is 240 Å². The average Bonchev–Trinajstić information content (AvgIpc) is 3.00. The van der Waals surface area contributed by atoms with Crippen molar-refractivity contribution >= 4 is 21.8 Å². The highest BCUT2D eigenvalue weighted by atomic mass is 16.6. The van der Waals surface area contributed by atoms with Crippen molar-refractivity contribution in [3.8, 4) is 11.5 Å². The minimum atomic E-state index is -0.752. The topological polar surface area (TPSA) is 90.4 Å². The fourth-order valence-corrected chi connectivity index (χ4v) is 4.59. The zero-order chi connectivity index (χ0) is 28.4. The number of hydrogen-bond acceptors (Lipinski definition) is 9. The molecule has 218 valence electrons. The number of aromatic nitrogens is 2. The molecule has 2 aromatic heterocycles. The van der Waals surface area contributed by atoms with Crippen molar-refractivity contribution in [1.29, 1.82) is 0 Å². The molecule has 9 nitrogen and oxygen atoms in total. The van der Waals surface area contributed by atoms with Gasteiger partial charge in [-0.25, -0.2) is 0 Å². The third kappa shape index (κ3) is 8.12. The smallest absolute Gasteiger partial charge is 0.145 e. The molecule has 1 aliphatic rings. The summed E-state index contributed by atoms with van der Waals surface area (Å²) in [7, 11) is 0. The Hall–Kier alpha value is -3.34. The number of hydrogen-bond donors (Lipinski definition) is 0. The van der Waals surface area contributed by atoms with Crippen LogP contribution in [-0.2, 0) is 23.7 Å². The van der Waals surface area contributed by atoms with Crippen molar-refractivity contribution in [3.05, 3.63) is 73.1 Å². The van der Waals surface area contributed by atoms with Crippen LogP contribution in [0.25, 0.3) is 21.8 Å². The quantitative estimate of drug-likeness (QED) is 0.327. The van der Waals surface area contributed by atoms with Crippen molar-refractivity contribution < 1.29 is 33.2 Å². The second-order valence-corrected chi connectivity index (χ2v) is 10.6.